The van der Waals surface area contributed by atoms with Crippen LogP contribution < -0.4 is 0 Å². The summed E-state index contributed by atoms with van der Waals surface area (Å²) >= 11 is 0. The second-order valence-electron chi connectivity index (χ2n) is 2.97. The van der Waals surface area contributed by atoms with E-state index in [4.69, 9.17) is 10.00 Å². The summed E-state index contributed by atoms with van der Waals surface area (Å²) in [6.45, 7) is 1.19. The molecule has 0 aromatic heterocycles. The minimum absolute atomic E-state index is 0.0803. The average Bonchev–Trinajstić information content (AvgIpc) is 2.25. The van der Waals surface area contributed by atoms with Crippen LogP contribution in [0.25, 0.3) is 0 Å². The van der Waals surface area contributed by atoms with Crippen molar-refractivity contribution in [2.45, 2.75) is 13.0 Å². The van der Waals surface area contributed by atoms with Gasteiger partial charge in [-0.15, -0.1) is 0 Å². The average molecular weight is 220 g/mol. The van der Waals surface area contributed by atoms with Gasteiger partial charge in [-0.25, -0.2) is 0 Å². The summed E-state index contributed by atoms with van der Waals surface area (Å²) in [7, 11) is 0. The molecule has 0 bridgehead atoms. The summed E-state index contributed by atoms with van der Waals surface area (Å²) in [5.74, 6) is -0.579. The highest BCUT2D eigenvalue weighted by Crippen LogP contribution is 2.20. The largest absolute Gasteiger partial charge is 0.442 e. The van der Waals surface area contributed by atoms with Crippen molar-refractivity contribution < 1.29 is 14.5 Å². The lowest BCUT2D eigenvalue weighted by atomic mass is 10.1. The standard InChI is InChI=1S/C10H8N2O4/c1-7(13)16-10(6-11)8-2-4-9(5-3-8)12(14)15/h2-5,10H,1H3. The molecule has 0 aliphatic rings. The molecule has 0 heterocycles. The zero-order chi connectivity index (χ0) is 12.1. The van der Waals surface area contributed by atoms with Crippen molar-refractivity contribution in [1.82, 2.24) is 0 Å². The lowest BCUT2D eigenvalue weighted by Gasteiger charge is -2.08. The van der Waals surface area contributed by atoms with Gasteiger partial charge in [0, 0.05) is 24.6 Å². The summed E-state index contributed by atoms with van der Waals surface area (Å²) in [6.07, 6.45) is -1.03. The van der Waals surface area contributed by atoms with Gasteiger partial charge < -0.3 is 4.74 Å². The van der Waals surface area contributed by atoms with E-state index in [-0.39, 0.29) is 5.69 Å². The second-order valence-corrected chi connectivity index (χ2v) is 2.97. The van der Waals surface area contributed by atoms with Gasteiger partial charge in [0.1, 0.15) is 6.07 Å². The van der Waals surface area contributed by atoms with Crippen LogP contribution in [0.5, 0.6) is 0 Å². The maximum Gasteiger partial charge on any atom is 0.304 e. The van der Waals surface area contributed by atoms with Gasteiger partial charge in [-0.05, 0) is 12.1 Å². The second kappa shape index (κ2) is 4.89. The molecule has 0 radical (unpaired) electrons. The number of nitro benzene ring substituents is 1. The van der Waals surface area contributed by atoms with E-state index in [1.54, 1.807) is 6.07 Å². The Morgan fingerprint density at radius 3 is 2.44 bits per heavy atom. The Morgan fingerprint density at radius 2 is 2.06 bits per heavy atom. The molecular weight excluding hydrogens is 212 g/mol. The molecule has 16 heavy (non-hydrogen) atoms. The van der Waals surface area contributed by atoms with Crippen LogP contribution >= 0.6 is 0 Å². The number of nitriles is 1. The molecule has 0 saturated heterocycles. The summed E-state index contributed by atoms with van der Waals surface area (Å²) in [5.41, 5.74) is 0.326. The van der Waals surface area contributed by atoms with Crippen molar-refractivity contribution in [3.8, 4) is 6.07 Å². The van der Waals surface area contributed by atoms with E-state index in [0.717, 1.165) is 0 Å². The minimum Gasteiger partial charge on any atom is -0.442 e. The molecule has 0 fully saturated rings. The number of benzene rings is 1. The Hall–Kier alpha value is -2.42. The first kappa shape index (κ1) is 11.7. The van der Waals surface area contributed by atoms with Crippen molar-refractivity contribution >= 4 is 11.7 Å². The Balaban J connectivity index is 2.91. The molecule has 6 nitrogen and oxygen atoms in total. The third-order valence-corrected chi connectivity index (χ3v) is 1.81. The van der Waals surface area contributed by atoms with Crippen LogP contribution in [-0.2, 0) is 9.53 Å². The summed E-state index contributed by atoms with van der Waals surface area (Å²) in [6, 6.07) is 7.06. The van der Waals surface area contributed by atoms with Crippen LogP contribution in [-0.4, -0.2) is 10.9 Å². The third kappa shape index (κ3) is 2.78. The number of carbonyl (C=O) groups excluding carboxylic acids is 1. The maximum absolute atomic E-state index is 10.7. The van der Waals surface area contributed by atoms with Crippen LogP contribution in [0.4, 0.5) is 5.69 Å². The van der Waals surface area contributed by atoms with Crippen molar-refractivity contribution in [1.29, 1.82) is 5.26 Å². The van der Waals surface area contributed by atoms with Crippen LogP contribution in [0.2, 0.25) is 0 Å². The zero-order valence-electron chi connectivity index (χ0n) is 8.41. The molecular formula is C10H8N2O4. The number of nitro groups is 1. The fourth-order valence-electron chi connectivity index (χ4n) is 1.11. The van der Waals surface area contributed by atoms with Gasteiger partial charge in [-0.2, -0.15) is 5.26 Å². The molecule has 0 amide bonds. The van der Waals surface area contributed by atoms with Gasteiger partial charge in [0.2, 0.25) is 6.10 Å². The topological polar surface area (TPSA) is 93.2 Å². The summed E-state index contributed by atoms with van der Waals surface area (Å²) < 4.78 is 4.72. The van der Waals surface area contributed by atoms with Gasteiger partial charge in [0.05, 0.1) is 4.92 Å². The first-order chi connectivity index (χ1) is 7.54. The third-order valence-electron chi connectivity index (χ3n) is 1.81. The van der Waals surface area contributed by atoms with Gasteiger partial charge >= 0.3 is 5.97 Å². The number of ether oxygens (including phenoxy) is 1. The highest BCUT2D eigenvalue weighted by atomic mass is 16.6. The van der Waals surface area contributed by atoms with Crippen molar-refractivity contribution in [2.75, 3.05) is 0 Å². The normalized spacial score (nSPS) is 11.2. The Morgan fingerprint density at radius 1 is 1.50 bits per heavy atom. The van der Waals surface area contributed by atoms with E-state index in [9.17, 15) is 14.9 Å². The van der Waals surface area contributed by atoms with E-state index in [1.165, 1.54) is 31.2 Å². The Kier molecular flexibility index (Phi) is 3.56. The lowest BCUT2D eigenvalue weighted by Crippen LogP contribution is -2.06. The number of hydrogen-bond donors (Lipinski definition) is 0. The number of rotatable bonds is 3. The molecule has 1 aromatic carbocycles. The summed E-state index contributed by atoms with van der Waals surface area (Å²) in [4.78, 5) is 20.5. The van der Waals surface area contributed by atoms with Crippen LogP contribution in [0, 0.1) is 21.4 Å². The first-order valence-corrected chi connectivity index (χ1v) is 4.36. The first-order valence-electron chi connectivity index (χ1n) is 4.36. The van der Waals surface area contributed by atoms with Gasteiger partial charge in [-0.3, -0.25) is 14.9 Å². The van der Waals surface area contributed by atoms with E-state index in [0.29, 0.717) is 5.56 Å². The van der Waals surface area contributed by atoms with Crippen molar-refractivity contribution in [3.05, 3.63) is 39.9 Å². The van der Waals surface area contributed by atoms with Crippen LogP contribution in [0.1, 0.15) is 18.6 Å². The van der Waals surface area contributed by atoms with Crippen LogP contribution in [0.15, 0.2) is 24.3 Å². The molecule has 0 saturated carbocycles. The quantitative estimate of drug-likeness (QED) is 0.439. The van der Waals surface area contributed by atoms with Crippen LogP contribution in [0.3, 0.4) is 0 Å². The molecule has 0 aliphatic heterocycles. The predicted molar refractivity (Wildman–Crippen MR) is 53.2 cm³/mol. The highest BCUT2D eigenvalue weighted by molar-refractivity contribution is 5.66. The SMILES string of the molecule is CC(=O)OC(C#N)c1ccc([N+](=O)[O-])cc1. The molecule has 0 spiro atoms. The van der Waals surface area contributed by atoms with E-state index >= 15 is 0 Å². The van der Waals surface area contributed by atoms with Gasteiger partial charge in [0.25, 0.3) is 5.69 Å². The van der Waals surface area contributed by atoms with E-state index < -0.39 is 17.0 Å². The predicted octanol–water partition coefficient (Wildman–Crippen LogP) is 1.72. The molecule has 82 valence electrons. The number of hydrogen-bond acceptors (Lipinski definition) is 5. The van der Waals surface area contributed by atoms with Gasteiger partial charge in [0.15, 0.2) is 0 Å². The monoisotopic (exact) mass is 220 g/mol. The smallest absolute Gasteiger partial charge is 0.304 e. The molecule has 1 unspecified atom stereocenters. The fraction of sp³-hybridized carbons (Fsp3) is 0.200. The maximum atomic E-state index is 10.7. The number of esters is 1. The molecule has 0 aliphatic carbocycles. The number of non-ortho nitro benzene ring substituents is 1. The van der Waals surface area contributed by atoms with Crippen molar-refractivity contribution in [2.24, 2.45) is 0 Å². The van der Waals surface area contributed by atoms with Crippen molar-refractivity contribution in [3.63, 3.8) is 0 Å². The Labute approximate surface area is 91.2 Å². The lowest BCUT2D eigenvalue weighted by molar-refractivity contribution is -0.384. The molecule has 0 N–H and O–H groups in total. The zero-order valence-corrected chi connectivity index (χ0v) is 8.41. The van der Waals surface area contributed by atoms with E-state index in [1.807, 2.05) is 0 Å². The van der Waals surface area contributed by atoms with E-state index in [2.05, 4.69) is 0 Å². The molecule has 1 rings (SSSR count). The Bertz CT molecular complexity index is 447. The molecule has 6 heteroatoms. The molecule has 1 atom stereocenters. The van der Waals surface area contributed by atoms with Gasteiger partial charge in [-0.1, -0.05) is 0 Å². The highest BCUT2D eigenvalue weighted by Gasteiger charge is 2.14. The minimum atomic E-state index is -1.03. The summed E-state index contributed by atoms with van der Waals surface area (Å²) in [5, 5.41) is 19.1. The molecule has 1 aromatic rings. The number of nitrogens with zero attached hydrogens (tertiary/aromatic N) is 2. The number of carbonyl (C=O) groups is 1. The fourth-order valence-corrected chi connectivity index (χ4v) is 1.11.